The molecule has 0 bridgehead atoms. The van der Waals surface area contributed by atoms with Gasteiger partial charge in [-0.1, -0.05) is 29.9 Å². The second kappa shape index (κ2) is 6.66. The third-order valence-corrected chi connectivity index (χ3v) is 5.96. The summed E-state index contributed by atoms with van der Waals surface area (Å²) in [4.78, 5) is 18.0. The lowest BCUT2D eigenvalue weighted by Crippen LogP contribution is -2.16. The molecule has 0 radical (unpaired) electrons. The van der Waals surface area contributed by atoms with Crippen LogP contribution in [-0.2, 0) is 6.54 Å². The van der Waals surface area contributed by atoms with Gasteiger partial charge in [0.25, 0.3) is 5.91 Å². The van der Waals surface area contributed by atoms with E-state index in [0.29, 0.717) is 14.7 Å². The third-order valence-electron chi connectivity index (χ3n) is 3.07. The highest BCUT2D eigenvalue weighted by Gasteiger charge is 2.10. The summed E-state index contributed by atoms with van der Waals surface area (Å²) in [5.41, 5.74) is 1.06. The molecule has 0 aliphatic rings. The summed E-state index contributed by atoms with van der Waals surface area (Å²) in [6.07, 6.45) is 0.973. The molecule has 2 aromatic heterocycles. The van der Waals surface area contributed by atoms with Crippen LogP contribution in [0.5, 0.6) is 0 Å². The van der Waals surface area contributed by atoms with Crippen LogP contribution in [-0.4, -0.2) is 10.5 Å². The van der Waals surface area contributed by atoms with Crippen molar-refractivity contribution in [1.29, 1.82) is 0 Å². The first-order chi connectivity index (χ1) is 10.6. The Bertz CT molecular complexity index is 910. The van der Waals surface area contributed by atoms with Gasteiger partial charge >= 0.3 is 0 Å². The molecule has 0 saturated carbocycles. The van der Waals surface area contributed by atoms with Gasteiger partial charge in [-0.25, -0.2) is 0 Å². The fourth-order valence-electron chi connectivity index (χ4n) is 2.14. The molecule has 3 rings (SSSR count). The zero-order valence-corrected chi connectivity index (χ0v) is 15.7. The predicted octanol–water partition coefficient (Wildman–Crippen LogP) is 5.33. The normalized spacial score (nSPS) is 12.2. The fourth-order valence-corrected chi connectivity index (χ4v) is 4.74. The van der Waals surface area contributed by atoms with Crippen molar-refractivity contribution in [3.8, 4) is 0 Å². The zero-order chi connectivity index (χ0) is 15.7. The summed E-state index contributed by atoms with van der Waals surface area (Å²) >= 11 is 12.3. The van der Waals surface area contributed by atoms with Crippen LogP contribution in [0.2, 0.25) is 5.02 Å². The lowest BCUT2D eigenvalue weighted by atomic mass is 10.3. The number of carbonyl (C=O) groups is 1. The molecule has 0 N–H and O–H groups in total. The molecule has 0 atom stereocenters. The van der Waals surface area contributed by atoms with E-state index in [1.807, 2.05) is 24.3 Å². The van der Waals surface area contributed by atoms with Crippen molar-refractivity contribution in [2.45, 2.75) is 19.9 Å². The average Bonchev–Trinajstić information content (AvgIpc) is 3.04. The van der Waals surface area contributed by atoms with Crippen LogP contribution < -0.4 is 4.80 Å². The largest absolute Gasteiger partial charge is 0.316 e. The van der Waals surface area contributed by atoms with Crippen molar-refractivity contribution in [2.75, 3.05) is 0 Å². The SMILES string of the molecule is CCCn1c(=NC(=O)c2ccc(Br)s2)sc2cc(Cl)ccc21. The van der Waals surface area contributed by atoms with E-state index in [1.54, 1.807) is 6.07 Å². The topological polar surface area (TPSA) is 34.4 Å². The molecule has 1 amide bonds. The smallest absolute Gasteiger partial charge is 0.289 e. The van der Waals surface area contributed by atoms with Crippen molar-refractivity contribution >= 4 is 66.3 Å². The number of fused-ring (bicyclic) bond motifs is 1. The summed E-state index contributed by atoms with van der Waals surface area (Å²) in [6.45, 7) is 2.93. The molecule has 3 aromatic rings. The van der Waals surface area contributed by atoms with E-state index in [4.69, 9.17) is 11.6 Å². The van der Waals surface area contributed by atoms with E-state index in [9.17, 15) is 4.79 Å². The Morgan fingerprint density at radius 3 is 2.82 bits per heavy atom. The van der Waals surface area contributed by atoms with Crippen molar-refractivity contribution < 1.29 is 4.79 Å². The second-order valence-corrected chi connectivity index (χ2v) is 8.58. The van der Waals surface area contributed by atoms with Gasteiger partial charge in [-0.3, -0.25) is 4.79 Å². The molecule has 22 heavy (non-hydrogen) atoms. The van der Waals surface area contributed by atoms with Gasteiger partial charge in [0.2, 0.25) is 0 Å². The Labute approximate surface area is 149 Å². The predicted molar refractivity (Wildman–Crippen MR) is 97.0 cm³/mol. The van der Waals surface area contributed by atoms with E-state index in [-0.39, 0.29) is 5.91 Å². The van der Waals surface area contributed by atoms with Gasteiger partial charge in [-0.05, 0) is 52.7 Å². The van der Waals surface area contributed by atoms with Crippen molar-refractivity contribution in [1.82, 2.24) is 4.57 Å². The highest BCUT2D eigenvalue weighted by Crippen LogP contribution is 2.24. The second-order valence-electron chi connectivity index (χ2n) is 4.67. The Hall–Kier alpha value is -0.950. The number of aromatic nitrogens is 1. The Morgan fingerprint density at radius 1 is 1.32 bits per heavy atom. The number of hydrogen-bond donors (Lipinski definition) is 0. The molecule has 1 aromatic carbocycles. The summed E-state index contributed by atoms with van der Waals surface area (Å²) in [5.74, 6) is -0.210. The zero-order valence-electron chi connectivity index (χ0n) is 11.7. The first-order valence-electron chi connectivity index (χ1n) is 6.72. The Kier molecular flexibility index (Phi) is 4.82. The first kappa shape index (κ1) is 15.9. The minimum Gasteiger partial charge on any atom is -0.316 e. The summed E-state index contributed by atoms with van der Waals surface area (Å²) in [6, 6.07) is 9.41. The maximum absolute atomic E-state index is 12.3. The van der Waals surface area contributed by atoms with Gasteiger partial charge < -0.3 is 4.57 Å². The number of aryl methyl sites for hydroxylation is 1. The minimum absolute atomic E-state index is 0.210. The number of halogens is 2. The van der Waals surface area contributed by atoms with E-state index >= 15 is 0 Å². The summed E-state index contributed by atoms with van der Waals surface area (Å²) in [5, 5.41) is 0.692. The number of carbonyl (C=O) groups excluding carboxylic acids is 1. The van der Waals surface area contributed by atoms with Crippen LogP contribution in [0.1, 0.15) is 23.0 Å². The van der Waals surface area contributed by atoms with E-state index in [0.717, 1.165) is 27.0 Å². The Morgan fingerprint density at radius 2 is 2.14 bits per heavy atom. The maximum Gasteiger partial charge on any atom is 0.289 e. The number of amides is 1. The minimum atomic E-state index is -0.210. The van der Waals surface area contributed by atoms with Gasteiger partial charge in [0.1, 0.15) is 0 Å². The number of benzene rings is 1. The molecule has 114 valence electrons. The van der Waals surface area contributed by atoms with Crippen molar-refractivity contribution in [3.63, 3.8) is 0 Å². The Balaban J connectivity index is 2.14. The molecule has 0 fully saturated rings. The number of rotatable bonds is 3. The lowest BCUT2D eigenvalue weighted by Gasteiger charge is -2.02. The number of thiophene rings is 1. The van der Waals surface area contributed by atoms with Crippen LogP contribution in [0.25, 0.3) is 10.2 Å². The highest BCUT2D eigenvalue weighted by atomic mass is 79.9. The fraction of sp³-hybridized carbons (Fsp3) is 0.200. The van der Waals surface area contributed by atoms with Gasteiger partial charge in [0.15, 0.2) is 4.80 Å². The van der Waals surface area contributed by atoms with E-state index < -0.39 is 0 Å². The maximum atomic E-state index is 12.3. The van der Waals surface area contributed by atoms with Crippen LogP contribution >= 0.6 is 50.2 Å². The van der Waals surface area contributed by atoms with E-state index in [1.165, 1.54) is 22.7 Å². The standard InChI is InChI=1S/C15H12BrClN2OS2/c1-2-7-19-10-4-3-9(17)8-12(10)22-15(19)18-14(20)11-5-6-13(16)21-11/h3-6,8H,2,7H2,1H3. The van der Waals surface area contributed by atoms with Crippen LogP contribution in [0.3, 0.4) is 0 Å². The van der Waals surface area contributed by atoms with Gasteiger partial charge in [-0.2, -0.15) is 4.99 Å². The molecule has 0 aliphatic carbocycles. The molecule has 0 aliphatic heterocycles. The molecule has 7 heteroatoms. The molecule has 0 spiro atoms. The lowest BCUT2D eigenvalue weighted by molar-refractivity contribution is 0.100. The molecular formula is C15H12BrClN2OS2. The van der Waals surface area contributed by atoms with Gasteiger partial charge in [0.05, 0.1) is 18.9 Å². The van der Waals surface area contributed by atoms with Crippen molar-refractivity contribution in [2.24, 2.45) is 4.99 Å². The third kappa shape index (κ3) is 3.20. The summed E-state index contributed by atoms with van der Waals surface area (Å²) in [7, 11) is 0. The quantitative estimate of drug-likeness (QED) is 0.569. The molecule has 0 saturated heterocycles. The monoisotopic (exact) mass is 414 g/mol. The number of nitrogens with zero attached hydrogens (tertiary/aromatic N) is 2. The van der Waals surface area contributed by atoms with Crippen LogP contribution in [0, 0.1) is 0 Å². The van der Waals surface area contributed by atoms with Crippen LogP contribution in [0.4, 0.5) is 0 Å². The molecule has 3 nitrogen and oxygen atoms in total. The van der Waals surface area contributed by atoms with E-state index in [2.05, 4.69) is 32.4 Å². The average molecular weight is 416 g/mol. The summed E-state index contributed by atoms with van der Waals surface area (Å²) < 4.78 is 4.05. The van der Waals surface area contributed by atoms with Gasteiger partial charge in [0, 0.05) is 11.6 Å². The van der Waals surface area contributed by atoms with Crippen molar-refractivity contribution in [3.05, 3.63) is 48.8 Å². The van der Waals surface area contributed by atoms with Gasteiger partial charge in [-0.15, -0.1) is 11.3 Å². The molecule has 0 unspecified atom stereocenters. The van der Waals surface area contributed by atoms with Crippen LogP contribution in [0.15, 0.2) is 39.1 Å². The number of thiazole rings is 1. The number of hydrogen-bond acceptors (Lipinski definition) is 3. The first-order valence-corrected chi connectivity index (χ1v) is 9.52. The highest BCUT2D eigenvalue weighted by molar-refractivity contribution is 9.11. The molecule has 2 heterocycles. The molecular weight excluding hydrogens is 404 g/mol.